The van der Waals surface area contributed by atoms with Crippen LogP contribution in [0, 0.1) is 5.82 Å². The lowest BCUT2D eigenvalue weighted by Gasteiger charge is -2.24. The zero-order valence-electron chi connectivity index (χ0n) is 23.8. The van der Waals surface area contributed by atoms with Gasteiger partial charge < -0.3 is 24.0 Å². The number of benzene rings is 2. The van der Waals surface area contributed by atoms with E-state index in [9.17, 15) is 23.2 Å². The largest absolute Gasteiger partial charge is 0.481 e. The molecule has 0 saturated carbocycles. The molecule has 4 aromatic rings. The van der Waals surface area contributed by atoms with E-state index in [1.54, 1.807) is 33.0 Å². The molecule has 228 valence electrons. The number of ether oxygens (including phenoxy) is 2. The number of aromatic nitrogens is 4. The number of carboxylic acid groups (broad SMARTS) is 1. The zero-order chi connectivity index (χ0) is 31.5. The van der Waals surface area contributed by atoms with Gasteiger partial charge in [-0.2, -0.15) is 8.78 Å². The Kier molecular flexibility index (Phi) is 7.01. The normalized spacial score (nSPS) is 17.4. The molecule has 14 heteroatoms. The molecule has 6 rings (SSSR count). The van der Waals surface area contributed by atoms with Crippen LogP contribution in [0.25, 0.3) is 22.2 Å². The van der Waals surface area contributed by atoms with Gasteiger partial charge in [-0.3, -0.25) is 14.4 Å². The van der Waals surface area contributed by atoms with Gasteiger partial charge in [-0.1, -0.05) is 6.07 Å². The quantitative estimate of drug-likeness (QED) is 0.274. The Morgan fingerprint density at radius 2 is 1.84 bits per heavy atom. The number of carbonyl (C=O) groups excluding carboxylic acids is 2. The van der Waals surface area contributed by atoms with Crippen LogP contribution >= 0.6 is 0 Å². The third-order valence-electron chi connectivity index (χ3n) is 7.91. The highest BCUT2D eigenvalue weighted by Crippen LogP contribution is 2.50. The van der Waals surface area contributed by atoms with Crippen molar-refractivity contribution in [3.8, 4) is 16.9 Å². The lowest BCUT2D eigenvalue weighted by Crippen LogP contribution is -2.30. The van der Waals surface area contributed by atoms with Gasteiger partial charge in [0.15, 0.2) is 11.4 Å². The standard InChI is InChI=1S/C30H26F3N5O6/c1-30(2,44-24(41)8-7-23(39)40)28-34-12-14(13-35-28)16-9-19-18(10-17(16)31)36-26-21-11-20(38(19)26)25-15(27(42)37(21)3)5-4-6-22(25)43-29(32)33/h4-6,9-10,12-13,20-21,29H,7-8,11H2,1-3H3,(H,39,40)/t20?,21-/m1/s1. The molecule has 0 spiro atoms. The minimum atomic E-state index is -3.10. The molecule has 2 atom stereocenters. The molecule has 2 aliphatic rings. The van der Waals surface area contributed by atoms with E-state index in [1.807, 2.05) is 4.57 Å². The van der Waals surface area contributed by atoms with Crippen LogP contribution in [0.3, 0.4) is 0 Å². The fourth-order valence-electron chi connectivity index (χ4n) is 5.89. The number of amides is 1. The minimum absolute atomic E-state index is 0.114. The van der Waals surface area contributed by atoms with Gasteiger partial charge in [0.05, 0.1) is 36.0 Å². The predicted octanol–water partition coefficient (Wildman–Crippen LogP) is 5.00. The summed E-state index contributed by atoms with van der Waals surface area (Å²) in [6.45, 7) is 0.000173. The van der Waals surface area contributed by atoms with Gasteiger partial charge in [-0.15, -0.1) is 0 Å². The summed E-state index contributed by atoms with van der Waals surface area (Å²) in [6, 6.07) is 6.21. The smallest absolute Gasteiger partial charge is 0.387 e. The number of hydrogen-bond donors (Lipinski definition) is 1. The molecule has 11 nitrogen and oxygen atoms in total. The van der Waals surface area contributed by atoms with E-state index in [-0.39, 0.29) is 41.4 Å². The molecule has 0 aliphatic carbocycles. The van der Waals surface area contributed by atoms with Gasteiger partial charge in [0, 0.05) is 54.2 Å². The van der Waals surface area contributed by atoms with Crippen molar-refractivity contribution >= 4 is 28.9 Å². The van der Waals surface area contributed by atoms with E-state index < -0.39 is 42.1 Å². The molecule has 0 radical (unpaired) electrons. The first-order valence-corrected chi connectivity index (χ1v) is 13.7. The molecule has 1 N–H and O–H groups in total. The number of fused-ring (bicyclic) bond motifs is 9. The molecule has 1 unspecified atom stereocenters. The number of alkyl halides is 2. The topological polar surface area (TPSA) is 137 Å². The van der Waals surface area contributed by atoms with Crippen molar-refractivity contribution in [3.05, 3.63) is 71.3 Å². The van der Waals surface area contributed by atoms with Crippen LogP contribution in [-0.2, 0) is 19.9 Å². The fourth-order valence-corrected chi connectivity index (χ4v) is 5.89. The third kappa shape index (κ3) is 4.89. The molecule has 2 aromatic heterocycles. The van der Waals surface area contributed by atoms with E-state index >= 15 is 4.39 Å². The summed E-state index contributed by atoms with van der Waals surface area (Å²) in [5.74, 6) is -2.32. The number of nitrogens with zero attached hydrogens (tertiary/aromatic N) is 5. The average molecular weight is 610 g/mol. The summed E-state index contributed by atoms with van der Waals surface area (Å²) in [6.07, 6.45) is 2.42. The van der Waals surface area contributed by atoms with Crippen LogP contribution in [0.2, 0.25) is 0 Å². The number of aliphatic carboxylic acids is 1. The van der Waals surface area contributed by atoms with E-state index in [4.69, 9.17) is 14.6 Å². The molecule has 44 heavy (non-hydrogen) atoms. The Morgan fingerprint density at radius 1 is 1.11 bits per heavy atom. The summed E-state index contributed by atoms with van der Waals surface area (Å²) in [7, 11) is 1.62. The Morgan fingerprint density at radius 3 is 2.52 bits per heavy atom. The van der Waals surface area contributed by atoms with Crippen LogP contribution in [0.15, 0.2) is 42.7 Å². The van der Waals surface area contributed by atoms with Gasteiger partial charge in [0.2, 0.25) is 0 Å². The van der Waals surface area contributed by atoms with Crippen molar-refractivity contribution in [2.24, 2.45) is 0 Å². The molecule has 0 saturated heterocycles. The molecule has 2 bridgehead atoms. The number of carbonyl (C=O) groups is 3. The summed E-state index contributed by atoms with van der Waals surface area (Å²) < 4.78 is 54.3. The second-order valence-electron chi connectivity index (χ2n) is 11.1. The van der Waals surface area contributed by atoms with E-state index in [0.29, 0.717) is 34.4 Å². The van der Waals surface area contributed by atoms with Crippen LogP contribution in [-0.4, -0.2) is 61.0 Å². The van der Waals surface area contributed by atoms with Crippen molar-refractivity contribution in [1.82, 2.24) is 24.4 Å². The summed E-state index contributed by atoms with van der Waals surface area (Å²) in [5.41, 5.74) is 0.550. The minimum Gasteiger partial charge on any atom is -0.481 e. The maximum atomic E-state index is 15.5. The first kappa shape index (κ1) is 29.1. The Hall–Kier alpha value is -5.01. The monoisotopic (exact) mass is 609 g/mol. The highest BCUT2D eigenvalue weighted by molar-refractivity contribution is 5.98. The van der Waals surface area contributed by atoms with Crippen molar-refractivity contribution in [3.63, 3.8) is 0 Å². The number of esters is 1. The Labute approximate surface area is 248 Å². The first-order valence-electron chi connectivity index (χ1n) is 13.7. The number of hydrogen-bond acceptors (Lipinski definition) is 8. The second kappa shape index (κ2) is 10.6. The predicted molar refractivity (Wildman–Crippen MR) is 147 cm³/mol. The number of imidazole rings is 1. The lowest BCUT2D eigenvalue weighted by atomic mass is 9.97. The van der Waals surface area contributed by atoms with Crippen molar-refractivity contribution in [1.29, 1.82) is 0 Å². The molecule has 4 heterocycles. The van der Waals surface area contributed by atoms with E-state index in [0.717, 1.165) is 0 Å². The summed E-state index contributed by atoms with van der Waals surface area (Å²) in [5, 5.41) is 8.79. The van der Waals surface area contributed by atoms with Crippen molar-refractivity contribution in [2.45, 2.75) is 57.4 Å². The van der Waals surface area contributed by atoms with Gasteiger partial charge in [0.1, 0.15) is 17.4 Å². The van der Waals surface area contributed by atoms with Crippen LogP contribution < -0.4 is 4.74 Å². The Bertz CT molecular complexity index is 1820. The van der Waals surface area contributed by atoms with Crippen LogP contribution in [0.5, 0.6) is 5.75 Å². The average Bonchev–Trinajstić information content (AvgIpc) is 3.48. The molecular formula is C30H26F3N5O6. The van der Waals surface area contributed by atoms with Crippen LogP contribution in [0.4, 0.5) is 13.2 Å². The van der Waals surface area contributed by atoms with E-state index in [1.165, 1.54) is 35.5 Å². The highest BCUT2D eigenvalue weighted by Gasteiger charge is 2.45. The molecule has 2 aliphatic heterocycles. The lowest BCUT2D eigenvalue weighted by molar-refractivity contribution is -0.160. The number of carboxylic acids is 1. The zero-order valence-corrected chi connectivity index (χ0v) is 23.8. The van der Waals surface area contributed by atoms with Gasteiger partial charge in [-0.25, -0.2) is 19.3 Å². The number of halogens is 3. The fraction of sp³-hybridized carbons (Fsp3) is 0.333. The van der Waals surface area contributed by atoms with Gasteiger partial charge >= 0.3 is 18.6 Å². The maximum absolute atomic E-state index is 15.5. The van der Waals surface area contributed by atoms with Gasteiger partial charge in [-0.05, 0) is 32.0 Å². The maximum Gasteiger partial charge on any atom is 0.387 e. The molecule has 2 aromatic carbocycles. The third-order valence-corrected chi connectivity index (χ3v) is 7.91. The van der Waals surface area contributed by atoms with Crippen molar-refractivity contribution < 1.29 is 42.1 Å². The Balaban J connectivity index is 1.39. The highest BCUT2D eigenvalue weighted by atomic mass is 19.3. The molecular weight excluding hydrogens is 583 g/mol. The summed E-state index contributed by atoms with van der Waals surface area (Å²) >= 11 is 0. The van der Waals surface area contributed by atoms with Gasteiger partial charge in [0.25, 0.3) is 5.91 Å². The van der Waals surface area contributed by atoms with E-state index in [2.05, 4.69) is 15.0 Å². The molecule has 1 amide bonds. The molecule has 0 fully saturated rings. The van der Waals surface area contributed by atoms with Crippen LogP contribution in [0.1, 0.15) is 72.8 Å². The summed E-state index contributed by atoms with van der Waals surface area (Å²) in [4.78, 5) is 50.9. The second-order valence-corrected chi connectivity index (χ2v) is 11.1. The first-order chi connectivity index (χ1) is 20.9. The number of rotatable bonds is 8. The SMILES string of the molecule is CN1C(=O)c2cccc(OC(F)F)c2C2C[C@@H]1c1nc3cc(F)c(-c4cnc(C(C)(C)OC(=O)CCC(=O)O)nc4)cc3n12. The van der Waals surface area contributed by atoms with Crippen molar-refractivity contribution in [2.75, 3.05) is 7.05 Å².